The van der Waals surface area contributed by atoms with E-state index < -0.39 is 17.5 Å². The maximum absolute atomic E-state index is 14.9. The molecule has 4 heteroatoms. The molecule has 0 atom stereocenters. The second kappa shape index (κ2) is 8.31. The Morgan fingerprint density at radius 2 is 1.17 bits per heavy atom. The highest BCUT2D eigenvalue weighted by Crippen LogP contribution is 2.32. The van der Waals surface area contributed by atoms with Crippen molar-refractivity contribution in [1.82, 2.24) is 0 Å². The fourth-order valence-electron chi connectivity index (χ4n) is 3.66. The van der Waals surface area contributed by atoms with Crippen LogP contribution in [0.2, 0.25) is 0 Å². The highest BCUT2D eigenvalue weighted by atomic mass is 19.2. The van der Waals surface area contributed by atoms with Crippen molar-refractivity contribution in [2.24, 2.45) is 0 Å². The van der Waals surface area contributed by atoms with Crippen LogP contribution in [0, 0.1) is 23.3 Å². The second-order valence-electron chi connectivity index (χ2n) is 7.44. The molecule has 30 heavy (non-hydrogen) atoms. The Bertz CT molecular complexity index is 1230. The zero-order valence-electron chi connectivity index (χ0n) is 16.5. The van der Waals surface area contributed by atoms with Gasteiger partial charge in [0.05, 0.1) is 0 Å². The highest BCUT2D eigenvalue weighted by Gasteiger charge is 2.12. The van der Waals surface area contributed by atoms with Crippen LogP contribution < -0.4 is 0 Å². The summed E-state index contributed by atoms with van der Waals surface area (Å²) in [6.07, 6.45) is 2.84. The molecule has 0 radical (unpaired) electrons. The minimum Gasteiger partial charge on any atom is -0.206 e. The van der Waals surface area contributed by atoms with Gasteiger partial charge in [0, 0.05) is 11.1 Å². The lowest BCUT2D eigenvalue weighted by atomic mass is 9.96. The van der Waals surface area contributed by atoms with Crippen molar-refractivity contribution in [2.45, 2.75) is 26.2 Å². The van der Waals surface area contributed by atoms with E-state index in [-0.39, 0.29) is 5.82 Å². The molecule has 0 amide bonds. The van der Waals surface area contributed by atoms with Crippen molar-refractivity contribution >= 4 is 10.8 Å². The van der Waals surface area contributed by atoms with Gasteiger partial charge in [-0.3, -0.25) is 0 Å². The third kappa shape index (κ3) is 3.95. The summed E-state index contributed by atoms with van der Waals surface area (Å²) >= 11 is 0. The van der Waals surface area contributed by atoms with Crippen molar-refractivity contribution in [3.8, 4) is 22.3 Å². The largest absolute Gasteiger partial charge is 0.206 e. The molecular weight excluding hydrogens is 388 g/mol. The number of unbranched alkanes of at least 4 members (excludes halogenated alkanes) is 1. The molecule has 0 spiro atoms. The Morgan fingerprint density at radius 3 is 1.83 bits per heavy atom. The maximum atomic E-state index is 14.9. The summed E-state index contributed by atoms with van der Waals surface area (Å²) in [6.45, 7) is 2.08. The SMILES string of the molecule is CCCCc1ccc(-c2ccc(-c3ccc4cc(F)c(F)cc4c3)c(F)c2)c(F)c1. The average Bonchev–Trinajstić information content (AvgIpc) is 2.73. The van der Waals surface area contributed by atoms with Gasteiger partial charge in [0.1, 0.15) is 11.6 Å². The monoisotopic (exact) mass is 408 g/mol. The molecule has 0 saturated carbocycles. The van der Waals surface area contributed by atoms with Crippen molar-refractivity contribution in [3.05, 3.63) is 95.6 Å². The fourth-order valence-corrected chi connectivity index (χ4v) is 3.66. The lowest BCUT2D eigenvalue weighted by Crippen LogP contribution is -1.92. The van der Waals surface area contributed by atoms with Crippen molar-refractivity contribution in [2.75, 3.05) is 0 Å². The highest BCUT2D eigenvalue weighted by molar-refractivity contribution is 5.88. The average molecular weight is 408 g/mol. The van der Waals surface area contributed by atoms with Crippen LogP contribution in [0.4, 0.5) is 17.6 Å². The molecule has 0 aliphatic heterocycles. The van der Waals surface area contributed by atoms with E-state index in [4.69, 9.17) is 0 Å². The lowest BCUT2D eigenvalue weighted by Gasteiger charge is -2.10. The van der Waals surface area contributed by atoms with Crippen LogP contribution in [0.1, 0.15) is 25.3 Å². The van der Waals surface area contributed by atoms with E-state index >= 15 is 0 Å². The van der Waals surface area contributed by atoms with Gasteiger partial charge in [-0.15, -0.1) is 0 Å². The normalized spacial score (nSPS) is 11.2. The zero-order chi connectivity index (χ0) is 21.3. The molecule has 0 aliphatic rings. The van der Waals surface area contributed by atoms with Gasteiger partial charge in [-0.2, -0.15) is 0 Å². The molecule has 0 saturated heterocycles. The van der Waals surface area contributed by atoms with E-state index in [9.17, 15) is 17.6 Å². The summed E-state index contributed by atoms with van der Waals surface area (Å²) < 4.78 is 56.4. The summed E-state index contributed by atoms with van der Waals surface area (Å²) in [7, 11) is 0. The van der Waals surface area contributed by atoms with Crippen molar-refractivity contribution in [1.29, 1.82) is 0 Å². The van der Waals surface area contributed by atoms with Gasteiger partial charge in [-0.05, 0) is 70.6 Å². The van der Waals surface area contributed by atoms with Crippen LogP contribution in [-0.4, -0.2) is 0 Å². The molecule has 4 aromatic carbocycles. The summed E-state index contributed by atoms with van der Waals surface area (Å²) in [5.41, 5.74) is 2.56. The molecule has 0 N–H and O–H groups in total. The number of halogens is 4. The van der Waals surface area contributed by atoms with Gasteiger partial charge in [-0.25, -0.2) is 17.6 Å². The Balaban J connectivity index is 1.68. The summed E-state index contributed by atoms with van der Waals surface area (Å²) in [6, 6.07) is 16.7. The minimum atomic E-state index is -0.951. The van der Waals surface area contributed by atoms with Gasteiger partial charge < -0.3 is 0 Å². The Morgan fingerprint density at radius 1 is 0.567 bits per heavy atom. The Labute approximate surface area is 172 Å². The predicted octanol–water partition coefficient (Wildman–Crippen LogP) is 8.07. The number of fused-ring (bicyclic) bond motifs is 1. The van der Waals surface area contributed by atoms with Crippen LogP contribution >= 0.6 is 0 Å². The first-order chi connectivity index (χ1) is 14.5. The third-order valence-corrected chi connectivity index (χ3v) is 5.32. The first-order valence-corrected chi connectivity index (χ1v) is 9.94. The summed E-state index contributed by atoms with van der Waals surface area (Å²) in [5.74, 6) is -2.76. The quantitative estimate of drug-likeness (QED) is 0.293. The van der Waals surface area contributed by atoms with E-state index in [1.165, 1.54) is 12.1 Å². The Kier molecular flexibility index (Phi) is 5.58. The van der Waals surface area contributed by atoms with E-state index in [1.807, 2.05) is 6.07 Å². The van der Waals surface area contributed by atoms with E-state index in [2.05, 4.69) is 6.92 Å². The van der Waals surface area contributed by atoms with Crippen LogP contribution in [0.3, 0.4) is 0 Å². The zero-order valence-corrected chi connectivity index (χ0v) is 16.5. The molecule has 152 valence electrons. The maximum Gasteiger partial charge on any atom is 0.159 e. The van der Waals surface area contributed by atoms with Gasteiger partial charge in [0.2, 0.25) is 0 Å². The number of hydrogen-bond acceptors (Lipinski definition) is 0. The standard InChI is InChI=1S/C26H20F4/c1-2-3-4-16-5-9-21(23(27)11-16)19-8-10-22(24(28)14-19)18-7-6-17-13-25(29)26(30)15-20(17)12-18/h5-15H,2-4H2,1H3. The molecule has 0 aliphatic carbocycles. The number of benzene rings is 4. The summed E-state index contributed by atoms with van der Waals surface area (Å²) in [5, 5.41) is 1.00. The second-order valence-corrected chi connectivity index (χ2v) is 7.44. The van der Waals surface area contributed by atoms with Crippen LogP contribution in [0.5, 0.6) is 0 Å². The minimum absolute atomic E-state index is 0.311. The molecule has 0 fully saturated rings. The molecule has 4 aromatic rings. The van der Waals surface area contributed by atoms with Gasteiger partial charge in [-0.1, -0.05) is 49.7 Å². The number of hydrogen-bond donors (Lipinski definition) is 0. The molecule has 0 heterocycles. The fraction of sp³-hybridized carbons (Fsp3) is 0.154. The van der Waals surface area contributed by atoms with E-state index in [1.54, 1.807) is 36.4 Å². The molecule has 0 aromatic heterocycles. The predicted molar refractivity (Wildman–Crippen MR) is 113 cm³/mol. The van der Waals surface area contributed by atoms with E-state index in [0.717, 1.165) is 37.0 Å². The van der Waals surface area contributed by atoms with Crippen LogP contribution in [0.15, 0.2) is 66.7 Å². The lowest BCUT2D eigenvalue weighted by molar-refractivity contribution is 0.511. The first kappa shape index (κ1) is 20.1. The number of aryl methyl sites for hydroxylation is 1. The van der Waals surface area contributed by atoms with Crippen molar-refractivity contribution in [3.63, 3.8) is 0 Å². The molecule has 0 bridgehead atoms. The topological polar surface area (TPSA) is 0 Å². The molecule has 4 rings (SSSR count). The van der Waals surface area contributed by atoms with Gasteiger partial charge >= 0.3 is 0 Å². The van der Waals surface area contributed by atoms with E-state index in [0.29, 0.717) is 33.0 Å². The van der Waals surface area contributed by atoms with Crippen LogP contribution in [0.25, 0.3) is 33.0 Å². The smallest absolute Gasteiger partial charge is 0.159 e. The van der Waals surface area contributed by atoms with Crippen LogP contribution in [-0.2, 0) is 6.42 Å². The molecule has 0 nitrogen and oxygen atoms in total. The van der Waals surface area contributed by atoms with Gasteiger partial charge in [0.15, 0.2) is 11.6 Å². The third-order valence-electron chi connectivity index (χ3n) is 5.32. The molecule has 0 unspecified atom stereocenters. The van der Waals surface area contributed by atoms with Crippen molar-refractivity contribution < 1.29 is 17.6 Å². The Hall–Kier alpha value is -3.14. The first-order valence-electron chi connectivity index (χ1n) is 9.94. The molecular formula is C26H20F4. The van der Waals surface area contributed by atoms with Gasteiger partial charge in [0.25, 0.3) is 0 Å². The number of rotatable bonds is 5. The summed E-state index contributed by atoms with van der Waals surface area (Å²) in [4.78, 5) is 0.